The first-order valence-corrected chi connectivity index (χ1v) is 10.1. The molecule has 1 aromatic heterocycles. The maximum absolute atomic E-state index is 15.3. The smallest absolute Gasteiger partial charge is 0.341 e. The number of anilines is 1. The monoisotopic (exact) mass is 421 g/mol. The summed E-state index contributed by atoms with van der Waals surface area (Å²) in [5.41, 5.74) is 5.29. The first-order valence-electron chi connectivity index (χ1n) is 10.1. The maximum atomic E-state index is 15.3. The number of hydrogen-bond donors (Lipinski definition) is 2. The van der Waals surface area contributed by atoms with Crippen molar-refractivity contribution in [1.29, 1.82) is 0 Å². The third-order valence-electron chi connectivity index (χ3n) is 6.14. The summed E-state index contributed by atoms with van der Waals surface area (Å²) < 4.78 is 36.2. The van der Waals surface area contributed by atoms with E-state index in [2.05, 4.69) is 6.92 Å². The van der Waals surface area contributed by atoms with Crippen molar-refractivity contribution in [2.24, 2.45) is 11.7 Å². The number of fused-ring (bicyclic) bond motifs is 1. The number of carboxylic acid groups (broad SMARTS) is 1. The number of nitrogens with zero attached hydrogens (tertiary/aromatic N) is 2. The Morgan fingerprint density at radius 3 is 2.67 bits per heavy atom. The zero-order valence-corrected chi connectivity index (χ0v) is 16.9. The fourth-order valence-corrected chi connectivity index (χ4v) is 4.54. The highest BCUT2D eigenvalue weighted by molar-refractivity contribution is 5.97. The molecule has 9 heteroatoms. The molecule has 1 aliphatic heterocycles. The molecule has 162 valence electrons. The van der Waals surface area contributed by atoms with Gasteiger partial charge in [-0.15, -0.1) is 0 Å². The van der Waals surface area contributed by atoms with Crippen LogP contribution in [-0.2, 0) is 0 Å². The van der Waals surface area contributed by atoms with Gasteiger partial charge in [0.15, 0.2) is 11.6 Å². The third-order valence-corrected chi connectivity index (χ3v) is 6.14. The number of pyridine rings is 1. The number of aromatic carboxylic acids is 1. The van der Waals surface area contributed by atoms with E-state index in [4.69, 9.17) is 10.5 Å². The van der Waals surface area contributed by atoms with E-state index in [-0.39, 0.29) is 40.7 Å². The number of halogens is 2. The largest absolute Gasteiger partial charge is 0.492 e. The lowest BCUT2D eigenvalue weighted by molar-refractivity contribution is 0.0694. The predicted molar refractivity (Wildman–Crippen MR) is 109 cm³/mol. The van der Waals surface area contributed by atoms with Gasteiger partial charge in [-0.3, -0.25) is 4.79 Å². The number of nitrogens with two attached hydrogens (primary N) is 1. The first kappa shape index (κ1) is 20.6. The highest BCUT2D eigenvalue weighted by Crippen LogP contribution is 2.46. The fourth-order valence-electron chi connectivity index (χ4n) is 4.54. The Morgan fingerprint density at radius 1 is 1.40 bits per heavy atom. The van der Waals surface area contributed by atoms with Crippen molar-refractivity contribution in [2.75, 3.05) is 25.1 Å². The zero-order chi connectivity index (χ0) is 21.7. The minimum absolute atomic E-state index is 0.0995. The van der Waals surface area contributed by atoms with Gasteiger partial charge >= 0.3 is 5.97 Å². The Hall–Kier alpha value is -2.68. The molecule has 2 heterocycles. The summed E-state index contributed by atoms with van der Waals surface area (Å²) in [6.07, 6.45) is 2.04. The van der Waals surface area contributed by atoms with Gasteiger partial charge < -0.3 is 25.0 Å². The summed E-state index contributed by atoms with van der Waals surface area (Å²) in [4.78, 5) is 26.1. The van der Waals surface area contributed by atoms with Gasteiger partial charge in [0.2, 0.25) is 5.43 Å². The second-order valence-electron chi connectivity index (χ2n) is 8.16. The molecule has 7 nitrogen and oxygen atoms in total. The zero-order valence-electron chi connectivity index (χ0n) is 16.9. The Bertz CT molecular complexity index is 1070. The lowest BCUT2D eigenvalue weighted by atomic mass is 9.99. The van der Waals surface area contributed by atoms with Gasteiger partial charge in [-0.25, -0.2) is 13.6 Å². The molecule has 4 atom stereocenters. The number of rotatable bonds is 6. The van der Waals surface area contributed by atoms with Gasteiger partial charge in [0.05, 0.1) is 24.1 Å². The van der Waals surface area contributed by atoms with Gasteiger partial charge in [-0.05, 0) is 18.4 Å². The summed E-state index contributed by atoms with van der Waals surface area (Å²) in [6, 6.07) is 0.291. The van der Waals surface area contributed by atoms with Crippen LogP contribution in [0.25, 0.3) is 10.9 Å². The van der Waals surface area contributed by atoms with Crippen LogP contribution in [0, 0.1) is 11.7 Å². The van der Waals surface area contributed by atoms with Crippen molar-refractivity contribution in [3.05, 3.63) is 33.9 Å². The van der Waals surface area contributed by atoms with E-state index < -0.39 is 35.0 Å². The number of aromatic nitrogens is 1. The minimum atomic E-state index is -1.44. The van der Waals surface area contributed by atoms with Gasteiger partial charge in [-0.2, -0.15) is 0 Å². The predicted octanol–water partition coefficient (Wildman–Crippen LogP) is 2.69. The quantitative estimate of drug-likeness (QED) is 0.744. The van der Waals surface area contributed by atoms with E-state index >= 15 is 4.39 Å². The molecule has 1 saturated carbocycles. The van der Waals surface area contributed by atoms with Crippen LogP contribution in [-0.4, -0.2) is 48.1 Å². The molecule has 0 bridgehead atoms. The molecule has 0 unspecified atom stereocenters. The highest BCUT2D eigenvalue weighted by Gasteiger charge is 2.41. The van der Waals surface area contributed by atoms with E-state index in [0.29, 0.717) is 13.1 Å². The number of methoxy groups -OCH3 is 1. The molecule has 1 aromatic carbocycles. The van der Waals surface area contributed by atoms with Crippen LogP contribution in [0.15, 0.2) is 17.1 Å². The normalized spacial score (nSPS) is 25.7. The van der Waals surface area contributed by atoms with Crippen molar-refractivity contribution in [3.63, 3.8) is 0 Å². The minimum Gasteiger partial charge on any atom is -0.492 e. The Labute approximate surface area is 172 Å². The first-order chi connectivity index (χ1) is 14.3. The Balaban J connectivity index is 1.96. The van der Waals surface area contributed by atoms with Crippen LogP contribution in [0.1, 0.15) is 42.6 Å². The van der Waals surface area contributed by atoms with Crippen molar-refractivity contribution < 1.29 is 23.4 Å². The number of alkyl halides is 1. The third kappa shape index (κ3) is 3.21. The molecule has 0 amide bonds. The second kappa shape index (κ2) is 7.54. The highest BCUT2D eigenvalue weighted by atomic mass is 19.1. The molecule has 2 aromatic rings. The molecule has 2 fully saturated rings. The molecule has 2 aliphatic rings. The van der Waals surface area contributed by atoms with E-state index in [0.717, 1.165) is 25.1 Å². The van der Waals surface area contributed by atoms with Crippen LogP contribution in [0.5, 0.6) is 5.75 Å². The summed E-state index contributed by atoms with van der Waals surface area (Å²) in [6.45, 7) is 3.03. The molecule has 3 N–H and O–H groups in total. The second-order valence-corrected chi connectivity index (χ2v) is 8.16. The van der Waals surface area contributed by atoms with Gasteiger partial charge in [0.1, 0.15) is 17.4 Å². The Kier molecular flexibility index (Phi) is 5.17. The summed E-state index contributed by atoms with van der Waals surface area (Å²) >= 11 is 0. The van der Waals surface area contributed by atoms with Gasteiger partial charge in [0.25, 0.3) is 0 Å². The molecular formula is C21H25F2N3O4. The Morgan fingerprint density at radius 2 is 2.10 bits per heavy atom. The molecule has 0 radical (unpaired) electrons. The SMILES string of the molecule is CCC[C@H]1CN(c2c(F)cc3c(=O)c(C(=O)O)cn([C@@H]4C[C@@H]4F)c3c2OC)C[C@H]1N. The van der Waals surface area contributed by atoms with Crippen molar-refractivity contribution in [2.45, 2.75) is 44.4 Å². The summed E-state index contributed by atoms with van der Waals surface area (Å²) in [5.74, 6) is -1.84. The summed E-state index contributed by atoms with van der Waals surface area (Å²) in [7, 11) is 1.36. The molecular weight excluding hydrogens is 396 g/mol. The lowest BCUT2D eigenvalue weighted by Crippen LogP contribution is -2.30. The lowest BCUT2D eigenvalue weighted by Gasteiger charge is -2.24. The van der Waals surface area contributed by atoms with Crippen LogP contribution in [0.2, 0.25) is 0 Å². The number of benzene rings is 1. The molecule has 1 aliphatic carbocycles. The number of hydrogen-bond acceptors (Lipinski definition) is 5. The van der Waals surface area contributed by atoms with Crippen molar-refractivity contribution in [1.82, 2.24) is 4.57 Å². The average Bonchev–Trinajstić information content (AvgIpc) is 3.31. The van der Waals surface area contributed by atoms with E-state index in [1.165, 1.54) is 11.7 Å². The fraction of sp³-hybridized carbons (Fsp3) is 0.524. The molecule has 0 spiro atoms. The summed E-state index contributed by atoms with van der Waals surface area (Å²) in [5, 5.41) is 9.26. The maximum Gasteiger partial charge on any atom is 0.341 e. The topological polar surface area (TPSA) is 97.8 Å². The van der Waals surface area contributed by atoms with E-state index in [9.17, 15) is 19.1 Å². The number of carbonyl (C=O) groups is 1. The van der Waals surface area contributed by atoms with E-state index in [1.807, 2.05) is 0 Å². The van der Waals surface area contributed by atoms with Crippen LogP contribution in [0.3, 0.4) is 0 Å². The standard InChI is InChI=1S/C21H25F2N3O4/c1-3-4-10-7-25(9-15(10)24)18-14(23)5-11-17(20(18)30-2)26(16-6-13(16)22)8-12(19(11)27)21(28)29/h5,8,10,13,15-16H,3-4,6-7,9,24H2,1-2H3,(H,28,29)/t10-,13-,15+,16+/m0/s1. The molecule has 30 heavy (non-hydrogen) atoms. The van der Waals surface area contributed by atoms with Gasteiger partial charge in [0, 0.05) is 31.7 Å². The van der Waals surface area contributed by atoms with Crippen LogP contribution >= 0.6 is 0 Å². The number of ether oxygens (including phenoxy) is 1. The van der Waals surface area contributed by atoms with Crippen LogP contribution in [0.4, 0.5) is 14.5 Å². The molecule has 1 saturated heterocycles. The number of carboxylic acids is 1. The van der Waals surface area contributed by atoms with E-state index in [1.54, 1.807) is 4.90 Å². The van der Waals surface area contributed by atoms with Gasteiger partial charge in [-0.1, -0.05) is 13.3 Å². The average molecular weight is 421 g/mol. The van der Waals surface area contributed by atoms with Crippen LogP contribution < -0.4 is 20.8 Å². The molecule has 4 rings (SSSR count). The van der Waals surface area contributed by atoms with Crippen molar-refractivity contribution in [3.8, 4) is 5.75 Å². The van der Waals surface area contributed by atoms with Crippen molar-refractivity contribution >= 4 is 22.6 Å².